The molecule has 34 heavy (non-hydrogen) atoms. The Morgan fingerprint density at radius 3 is 1.59 bits per heavy atom. The predicted octanol–water partition coefficient (Wildman–Crippen LogP) is 6.38. The Balaban J connectivity index is 1.93. The summed E-state index contributed by atoms with van der Waals surface area (Å²) in [4.78, 5) is 40.4. The second kappa shape index (κ2) is 8.51. The zero-order chi connectivity index (χ0) is 24.8. The minimum atomic E-state index is -0.737. The highest BCUT2D eigenvalue weighted by Gasteiger charge is 2.39. The van der Waals surface area contributed by atoms with Crippen molar-refractivity contribution in [2.24, 2.45) is 10.8 Å². The van der Waals surface area contributed by atoms with E-state index in [1.807, 2.05) is 29.6 Å². The zero-order valence-electron chi connectivity index (χ0n) is 20.2. The molecule has 1 heterocycles. The first kappa shape index (κ1) is 23.9. The molecule has 1 aliphatic rings. The molecule has 2 aromatic carbocycles. The Labute approximate surface area is 203 Å². The maximum atomic E-state index is 13.9. The number of benzene rings is 2. The average Bonchev–Trinajstić information content (AvgIpc) is 3.27. The van der Waals surface area contributed by atoms with Crippen LogP contribution >= 0.6 is 11.3 Å². The standard InChI is InChI=1S/C28H28O5S/c1-27(2,3)25(30)32-18-12-7-10-16-21(20-14-9-15-34-20)17-11-8-13-19(23(17)24(29)22(16)18)33-26(31)28(4,5)6/h7-15,21H,1-6H3. The van der Waals surface area contributed by atoms with Gasteiger partial charge in [0.15, 0.2) is 0 Å². The lowest BCUT2D eigenvalue weighted by molar-refractivity contribution is -0.143. The van der Waals surface area contributed by atoms with E-state index in [4.69, 9.17) is 9.47 Å². The normalized spacial score (nSPS) is 13.8. The minimum Gasteiger partial charge on any atom is -0.425 e. The molecule has 1 aromatic heterocycles. The zero-order valence-corrected chi connectivity index (χ0v) is 21.0. The summed E-state index contributed by atoms with van der Waals surface area (Å²) in [6, 6.07) is 14.6. The first-order chi connectivity index (χ1) is 15.9. The molecule has 0 N–H and O–H groups in total. The molecule has 0 spiro atoms. The second-order valence-corrected chi connectivity index (χ2v) is 11.5. The van der Waals surface area contributed by atoms with Gasteiger partial charge in [0, 0.05) is 10.8 Å². The number of carbonyl (C=O) groups excluding carboxylic acids is 3. The van der Waals surface area contributed by atoms with Gasteiger partial charge in [-0.25, -0.2) is 0 Å². The van der Waals surface area contributed by atoms with E-state index in [0.717, 1.165) is 16.0 Å². The lowest BCUT2D eigenvalue weighted by Crippen LogP contribution is -2.29. The molecule has 0 fully saturated rings. The smallest absolute Gasteiger partial charge is 0.316 e. The molecule has 4 rings (SSSR count). The molecule has 0 radical (unpaired) electrons. The van der Waals surface area contributed by atoms with Gasteiger partial charge in [-0.2, -0.15) is 0 Å². The number of thiophene rings is 1. The molecule has 0 saturated heterocycles. The van der Waals surface area contributed by atoms with Gasteiger partial charge in [0.25, 0.3) is 0 Å². The molecule has 0 aliphatic heterocycles. The van der Waals surface area contributed by atoms with E-state index in [1.54, 1.807) is 77.1 Å². The van der Waals surface area contributed by atoms with Crippen LogP contribution in [-0.2, 0) is 9.59 Å². The number of hydrogen-bond acceptors (Lipinski definition) is 6. The highest BCUT2D eigenvalue weighted by Crippen LogP contribution is 2.47. The van der Waals surface area contributed by atoms with Gasteiger partial charge in [-0.15, -0.1) is 11.3 Å². The summed E-state index contributed by atoms with van der Waals surface area (Å²) in [7, 11) is 0. The Morgan fingerprint density at radius 1 is 0.735 bits per heavy atom. The van der Waals surface area contributed by atoms with Crippen molar-refractivity contribution >= 4 is 29.1 Å². The van der Waals surface area contributed by atoms with Gasteiger partial charge in [-0.05, 0) is 76.2 Å². The molecule has 3 aromatic rings. The molecule has 176 valence electrons. The number of ketones is 1. The minimum absolute atomic E-state index is 0.214. The van der Waals surface area contributed by atoms with E-state index >= 15 is 0 Å². The molecule has 1 aliphatic carbocycles. The Morgan fingerprint density at radius 2 is 1.21 bits per heavy atom. The molecular weight excluding hydrogens is 448 g/mol. The van der Waals surface area contributed by atoms with Gasteiger partial charge < -0.3 is 9.47 Å². The van der Waals surface area contributed by atoms with Crippen LogP contribution in [0.1, 0.15) is 79.4 Å². The summed E-state index contributed by atoms with van der Waals surface area (Å²) >= 11 is 1.58. The fraction of sp³-hybridized carbons (Fsp3) is 0.321. The summed E-state index contributed by atoms with van der Waals surface area (Å²) < 4.78 is 11.5. The predicted molar refractivity (Wildman–Crippen MR) is 132 cm³/mol. The van der Waals surface area contributed by atoms with Crippen molar-refractivity contribution in [3.63, 3.8) is 0 Å². The molecule has 0 atom stereocenters. The Bertz CT molecular complexity index is 1190. The fourth-order valence-electron chi connectivity index (χ4n) is 3.79. The van der Waals surface area contributed by atoms with E-state index in [2.05, 4.69) is 0 Å². The third kappa shape index (κ3) is 4.30. The van der Waals surface area contributed by atoms with Crippen molar-refractivity contribution < 1.29 is 23.9 Å². The Hall–Kier alpha value is -3.25. The third-order valence-electron chi connectivity index (χ3n) is 5.65. The SMILES string of the molecule is CC(C)(C)C(=O)Oc1cccc2c1C(=O)c1c(OC(=O)C(C)(C)C)cccc1C2c1cccs1. The maximum Gasteiger partial charge on any atom is 0.316 e. The summed E-state index contributed by atoms with van der Waals surface area (Å²) in [5.41, 5.74) is 0.699. The van der Waals surface area contributed by atoms with Crippen molar-refractivity contribution in [1.82, 2.24) is 0 Å². The third-order valence-corrected chi connectivity index (χ3v) is 6.59. The van der Waals surface area contributed by atoms with Crippen LogP contribution in [0.2, 0.25) is 0 Å². The topological polar surface area (TPSA) is 69.7 Å². The largest absolute Gasteiger partial charge is 0.425 e. The van der Waals surface area contributed by atoms with Crippen molar-refractivity contribution in [2.75, 3.05) is 0 Å². The van der Waals surface area contributed by atoms with Crippen LogP contribution < -0.4 is 9.47 Å². The number of rotatable bonds is 3. The van der Waals surface area contributed by atoms with Gasteiger partial charge in [0.05, 0.1) is 22.0 Å². The maximum absolute atomic E-state index is 13.9. The number of hydrogen-bond donors (Lipinski definition) is 0. The van der Waals surface area contributed by atoms with Gasteiger partial charge in [-0.1, -0.05) is 30.3 Å². The van der Waals surface area contributed by atoms with Crippen LogP contribution in [0.3, 0.4) is 0 Å². The van der Waals surface area contributed by atoms with Crippen molar-refractivity contribution in [3.8, 4) is 11.5 Å². The van der Waals surface area contributed by atoms with E-state index < -0.39 is 22.8 Å². The monoisotopic (exact) mass is 476 g/mol. The van der Waals surface area contributed by atoms with Crippen molar-refractivity contribution in [3.05, 3.63) is 81.0 Å². The van der Waals surface area contributed by atoms with Gasteiger partial charge >= 0.3 is 11.9 Å². The number of fused-ring (bicyclic) bond motifs is 2. The molecule has 0 bridgehead atoms. The van der Waals surface area contributed by atoms with Gasteiger partial charge in [0.2, 0.25) is 5.78 Å². The first-order valence-electron chi connectivity index (χ1n) is 11.2. The van der Waals surface area contributed by atoms with Crippen LogP contribution in [0.25, 0.3) is 0 Å². The van der Waals surface area contributed by atoms with Crippen LogP contribution in [-0.4, -0.2) is 17.7 Å². The average molecular weight is 477 g/mol. The second-order valence-electron chi connectivity index (χ2n) is 10.5. The van der Waals surface area contributed by atoms with E-state index in [-0.39, 0.29) is 23.2 Å². The Kier molecular flexibility index (Phi) is 5.98. The number of esters is 2. The lowest BCUT2D eigenvalue weighted by Gasteiger charge is -2.30. The molecule has 0 amide bonds. The highest BCUT2D eigenvalue weighted by atomic mass is 32.1. The first-order valence-corrected chi connectivity index (χ1v) is 12.1. The summed E-state index contributed by atoms with van der Waals surface area (Å²) in [5, 5.41) is 1.98. The molecule has 0 unspecified atom stereocenters. The summed E-state index contributed by atoms with van der Waals surface area (Å²) in [5.74, 6) is -1.02. The van der Waals surface area contributed by atoms with E-state index in [9.17, 15) is 14.4 Å². The molecule has 0 saturated carbocycles. The van der Waals surface area contributed by atoms with Crippen molar-refractivity contribution in [1.29, 1.82) is 0 Å². The molecule has 6 heteroatoms. The number of ether oxygens (including phenoxy) is 2. The van der Waals surface area contributed by atoms with Crippen molar-refractivity contribution in [2.45, 2.75) is 47.5 Å². The fourth-order valence-corrected chi connectivity index (χ4v) is 4.66. The van der Waals surface area contributed by atoms with E-state index in [1.165, 1.54) is 0 Å². The lowest BCUT2D eigenvalue weighted by atomic mass is 9.76. The van der Waals surface area contributed by atoms with Gasteiger partial charge in [-0.3, -0.25) is 14.4 Å². The highest BCUT2D eigenvalue weighted by molar-refractivity contribution is 7.10. The van der Waals surface area contributed by atoms with E-state index in [0.29, 0.717) is 11.1 Å². The van der Waals surface area contributed by atoms with Crippen LogP contribution in [0.5, 0.6) is 11.5 Å². The quantitative estimate of drug-likeness (QED) is 0.254. The molecular formula is C28H28O5S. The summed E-state index contributed by atoms with van der Waals surface area (Å²) in [6.07, 6.45) is 0. The molecule has 5 nitrogen and oxygen atoms in total. The van der Waals surface area contributed by atoms with Crippen LogP contribution in [0.15, 0.2) is 53.9 Å². The summed E-state index contributed by atoms with van der Waals surface area (Å²) in [6.45, 7) is 10.6. The van der Waals surface area contributed by atoms with Crippen LogP contribution in [0.4, 0.5) is 0 Å². The number of carbonyl (C=O) groups is 3. The van der Waals surface area contributed by atoms with Crippen LogP contribution in [0, 0.1) is 10.8 Å². The van der Waals surface area contributed by atoms with Gasteiger partial charge in [0.1, 0.15) is 11.5 Å².